The summed E-state index contributed by atoms with van der Waals surface area (Å²) in [5, 5.41) is 0.888. The number of benzene rings is 1. The van der Waals surface area contributed by atoms with Gasteiger partial charge in [-0.25, -0.2) is 9.82 Å². The van der Waals surface area contributed by atoms with Crippen LogP contribution in [0.25, 0.3) is 10.1 Å². The van der Waals surface area contributed by atoms with Crippen LogP contribution in [-0.4, -0.2) is 0 Å². The van der Waals surface area contributed by atoms with Gasteiger partial charge in [0.2, 0.25) is 0 Å². The molecule has 92 valence electrons. The standard InChI is InChI=1S/C13H11FN2OS/c14-10-1-2-11-9(5-10)6-12(18-11)13(16-15)8-3-4-17-7-8/h1-7,13,16H,15H2. The molecule has 0 saturated heterocycles. The van der Waals surface area contributed by atoms with E-state index in [1.165, 1.54) is 12.1 Å². The maximum absolute atomic E-state index is 13.2. The van der Waals surface area contributed by atoms with E-state index in [2.05, 4.69) is 5.43 Å². The van der Waals surface area contributed by atoms with Crippen LogP contribution in [0.15, 0.2) is 47.3 Å². The number of nitrogens with one attached hydrogen (secondary N) is 1. The highest BCUT2D eigenvalue weighted by Crippen LogP contribution is 2.33. The van der Waals surface area contributed by atoms with E-state index >= 15 is 0 Å². The highest BCUT2D eigenvalue weighted by molar-refractivity contribution is 7.19. The molecule has 5 heteroatoms. The Hall–Kier alpha value is -1.69. The Morgan fingerprint density at radius 1 is 1.28 bits per heavy atom. The van der Waals surface area contributed by atoms with Crippen molar-refractivity contribution in [3.8, 4) is 0 Å². The van der Waals surface area contributed by atoms with Crippen molar-refractivity contribution in [2.24, 2.45) is 5.84 Å². The third kappa shape index (κ3) is 1.92. The Balaban J connectivity index is 2.07. The highest BCUT2D eigenvalue weighted by atomic mass is 32.1. The van der Waals surface area contributed by atoms with Crippen LogP contribution in [0, 0.1) is 5.82 Å². The fourth-order valence-electron chi connectivity index (χ4n) is 1.96. The van der Waals surface area contributed by atoms with E-state index in [0.29, 0.717) is 0 Å². The molecule has 2 aromatic heterocycles. The van der Waals surface area contributed by atoms with E-state index in [1.807, 2.05) is 12.1 Å². The van der Waals surface area contributed by atoms with Gasteiger partial charge in [-0.1, -0.05) is 0 Å². The lowest BCUT2D eigenvalue weighted by molar-refractivity contribution is 0.554. The second kappa shape index (κ2) is 4.53. The molecule has 1 aromatic carbocycles. The van der Waals surface area contributed by atoms with Crippen molar-refractivity contribution in [2.45, 2.75) is 6.04 Å². The molecule has 3 N–H and O–H groups in total. The van der Waals surface area contributed by atoms with Crippen LogP contribution in [0.1, 0.15) is 16.5 Å². The summed E-state index contributed by atoms with van der Waals surface area (Å²) in [6.07, 6.45) is 3.25. The molecule has 2 heterocycles. The number of nitrogens with two attached hydrogens (primary N) is 1. The summed E-state index contributed by atoms with van der Waals surface area (Å²) >= 11 is 1.59. The van der Waals surface area contributed by atoms with Crippen LogP contribution >= 0.6 is 11.3 Å². The minimum Gasteiger partial charge on any atom is -0.472 e. The van der Waals surface area contributed by atoms with Gasteiger partial charge in [-0.05, 0) is 35.7 Å². The average molecular weight is 262 g/mol. The molecule has 3 aromatic rings. The predicted molar refractivity (Wildman–Crippen MR) is 69.7 cm³/mol. The quantitative estimate of drug-likeness (QED) is 0.563. The zero-order valence-corrected chi connectivity index (χ0v) is 10.2. The third-order valence-corrected chi connectivity index (χ3v) is 4.01. The largest absolute Gasteiger partial charge is 0.472 e. The maximum atomic E-state index is 13.2. The lowest BCUT2D eigenvalue weighted by atomic mass is 10.1. The second-order valence-electron chi connectivity index (χ2n) is 3.99. The van der Waals surface area contributed by atoms with Gasteiger partial charge in [0, 0.05) is 15.1 Å². The lowest BCUT2D eigenvalue weighted by Gasteiger charge is -2.11. The summed E-state index contributed by atoms with van der Waals surface area (Å²) in [5.74, 6) is 5.36. The SMILES string of the molecule is NNC(c1ccoc1)c1cc2cc(F)ccc2s1. The van der Waals surface area contributed by atoms with E-state index in [0.717, 1.165) is 20.5 Å². The third-order valence-electron chi connectivity index (χ3n) is 2.83. The van der Waals surface area contributed by atoms with Crippen molar-refractivity contribution in [3.63, 3.8) is 0 Å². The molecule has 0 aliphatic rings. The minimum absolute atomic E-state index is 0.135. The zero-order valence-electron chi connectivity index (χ0n) is 9.39. The van der Waals surface area contributed by atoms with Crippen molar-refractivity contribution in [3.05, 3.63) is 59.1 Å². The Kier molecular flexibility index (Phi) is 2.87. The summed E-state index contributed by atoms with van der Waals surface area (Å²) in [6, 6.07) is 8.44. The van der Waals surface area contributed by atoms with Crippen molar-refractivity contribution < 1.29 is 8.81 Å². The highest BCUT2D eigenvalue weighted by Gasteiger charge is 2.16. The molecular weight excluding hydrogens is 251 g/mol. The van der Waals surface area contributed by atoms with Crippen LogP contribution in [0.3, 0.4) is 0 Å². The summed E-state index contributed by atoms with van der Waals surface area (Å²) < 4.78 is 19.2. The van der Waals surface area contributed by atoms with Crippen molar-refractivity contribution >= 4 is 21.4 Å². The number of furan rings is 1. The van der Waals surface area contributed by atoms with Crippen molar-refractivity contribution in [1.29, 1.82) is 0 Å². The minimum atomic E-state index is -0.229. The number of rotatable bonds is 3. The van der Waals surface area contributed by atoms with E-state index in [9.17, 15) is 4.39 Å². The smallest absolute Gasteiger partial charge is 0.123 e. The Morgan fingerprint density at radius 2 is 2.17 bits per heavy atom. The normalized spacial score (nSPS) is 13.0. The summed E-state index contributed by atoms with van der Waals surface area (Å²) in [4.78, 5) is 1.03. The van der Waals surface area contributed by atoms with Crippen LogP contribution in [0.5, 0.6) is 0 Å². The van der Waals surface area contributed by atoms with Gasteiger partial charge in [-0.2, -0.15) is 0 Å². The van der Waals surface area contributed by atoms with E-state index in [1.54, 1.807) is 29.9 Å². The van der Waals surface area contributed by atoms with Gasteiger partial charge in [0.05, 0.1) is 18.6 Å². The van der Waals surface area contributed by atoms with Crippen LogP contribution in [-0.2, 0) is 0 Å². The number of halogens is 1. The monoisotopic (exact) mass is 262 g/mol. The molecular formula is C13H11FN2OS. The molecule has 0 saturated carbocycles. The van der Waals surface area contributed by atoms with Gasteiger partial charge >= 0.3 is 0 Å². The van der Waals surface area contributed by atoms with E-state index in [-0.39, 0.29) is 11.9 Å². The van der Waals surface area contributed by atoms with Gasteiger partial charge in [-0.15, -0.1) is 11.3 Å². The first-order chi connectivity index (χ1) is 8.78. The molecule has 3 nitrogen and oxygen atoms in total. The fourth-order valence-corrected chi connectivity index (χ4v) is 3.09. The van der Waals surface area contributed by atoms with Crippen LogP contribution in [0.2, 0.25) is 0 Å². The number of fused-ring (bicyclic) bond motifs is 1. The van der Waals surface area contributed by atoms with Crippen molar-refractivity contribution in [1.82, 2.24) is 5.43 Å². The molecule has 3 rings (SSSR count). The summed E-state index contributed by atoms with van der Waals surface area (Å²) in [6.45, 7) is 0. The molecule has 0 radical (unpaired) electrons. The topological polar surface area (TPSA) is 51.2 Å². The number of hydrogen-bond donors (Lipinski definition) is 2. The van der Waals surface area contributed by atoms with Crippen LogP contribution < -0.4 is 11.3 Å². The Bertz CT molecular complexity index is 663. The molecule has 0 amide bonds. The van der Waals surface area contributed by atoms with Gasteiger partial charge in [0.25, 0.3) is 0 Å². The number of hydrazine groups is 1. The first-order valence-corrected chi connectivity index (χ1v) is 6.27. The first-order valence-electron chi connectivity index (χ1n) is 5.45. The first kappa shape index (κ1) is 11.4. The molecule has 0 aliphatic carbocycles. The lowest BCUT2D eigenvalue weighted by Crippen LogP contribution is -2.27. The Labute approximate surface area is 107 Å². The van der Waals surface area contributed by atoms with Gasteiger partial charge in [0.1, 0.15) is 5.82 Å². The number of thiophene rings is 1. The molecule has 1 unspecified atom stereocenters. The maximum Gasteiger partial charge on any atom is 0.123 e. The molecule has 0 bridgehead atoms. The summed E-state index contributed by atoms with van der Waals surface area (Å²) in [5.41, 5.74) is 3.70. The molecule has 0 aliphatic heterocycles. The number of hydrogen-bond acceptors (Lipinski definition) is 4. The molecule has 18 heavy (non-hydrogen) atoms. The van der Waals surface area contributed by atoms with Gasteiger partial charge < -0.3 is 4.42 Å². The zero-order chi connectivity index (χ0) is 12.5. The molecule has 0 spiro atoms. The Morgan fingerprint density at radius 3 is 2.89 bits per heavy atom. The fraction of sp³-hybridized carbons (Fsp3) is 0.0769. The average Bonchev–Trinajstić information content (AvgIpc) is 2.98. The van der Waals surface area contributed by atoms with E-state index in [4.69, 9.17) is 10.3 Å². The summed E-state index contributed by atoms with van der Waals surface area (Å²) in [7, 11) is 0. The van der Waals surface area contributed by atoms with Gasteiger partial charge in [-0.3, -0.25) is 5.84 Å². The van der Waals surface area contributed by atoms with Crippen LogP contribution in [0.4, 0.5) is 4.39 Å². The predicted octanol–water partition coefficient (Wildman–Crippen LogP) is 3.19. The van der Waals surface area contributed by atoms with E-state index < -0.39 is 0 Å². The second-order valence-corrected chi connectivity index (χ2v) is 5.10. The molecule has 1 atom stereocenters. The molecule has 0 fully saturated rings. The van der Waals surface area contributed by atoms with Crippen molar-refractivity contribution in [2.75, 3.05) is 0 Å². The van der Waals surface area contributed by atoms with Gasteiger partial charge in [0.15, 0.2) is 0 Å².